The minimum absolute atomic E-state index is 0.0284. The number of amides is 1. The third-order valence-electron chi connectivity index (χ3n) is 4.56. The zero-order valence-electron chi connectivity index (χ0n) is 15.5. The summed E-state index contributed by atoms with van der Waals surface area (Å²) in [6.07, 6.45) is -0.0284. The van der Waals surface area contributed by atoms with Crippen molar-refractivity contribution in [3.8, 4) is 11.5 Å². The van der Waals surface area contributed by atoms with Crippen molar-refractivity contribution in [1.82, 2.24) is 14.7 Å². The van der Waals surface area contributed by atoms with Gasteiger partial charge in [0, 0.05) is 11.8 Å². The molecular weight excluding hydrogens is 334 g/mol. The van der Waals surface area contributed by atoms with E-state index in [2.05, 4.69) is 5.10 Å². The molecule has 0 saturated carbocycles. The molecule has 26 heavy (non-hydrogen) atoms. The number of aromatic nitrogens is 2. The van der Waals surface area contributed by atoms with Crippen molar-refractivity contribution in [2.45, 2.75) is 33.4 Å². The number of ketones is 1. The van der Waals surface area contributed by atoms with E-state index in [1.807, 2.05) is 31.2 Å². The lowest BCUT2D eigenvalue weighted by molar-refractivity contribution is -0.140. The van der Waals surface area contributed by atoms with Gasteiger partial charge in [0.2, 0.25) is 5.91 Å². The molecule has 7 nitrogen and oxygen atoms in total. The van der Waals surface area contributed by atoms with Gasteiger partial charge in [-0.15, -0.1) is 0 Å². The molecule has 0 unspecified atom stereocenters. The summed E-state index contributed by atoms with van der Waals surface area (Å²) in [5.74, 6) is 1.40. The predicted molar refractivity (Wildman–Crippen MR) is 95.7 cm³/mol. The Labute approximate surface area is 152 Å². The lowest BCUT2D eigenvalue weighted by atomic mass is 10.1. The Bertz CT molecular complexity index is 837. The molecule has 0 radical (unpaired) electrons. The van der Waals surface area contributed by atoms with Crippen LogP contribution in [0.15, 0.2) is 24.3 Å². The fourth-order valence-corrected chi connectivity index (χ4v) is 3.17. The maximum absolute atomic E-state index is 12.4. The highest BCUT2D eigenvalue weighted by Gasteiger charge is 2.32. The second-order valence-corrected chi connectivity index (χ2v) is 6.48. The number of ether oxygens (including phenoxy) is 2. The summed E-state index contributed by atoms with van der Waals surface area (Å²) >= 11 is 0. The first kappa shape index (κ1) is 18.0. The van der Waals surface area contributed by atoms with Crippen LogP contribution in [-0.2, 0) is 11.3 Å². The molecule has 1 aromatic heterocycles. The Hall–Kier alpha value is -2.83. The van der Waals surface area contributed by atoms with E-state index in [0.717, 1.165) is 17.2 Å². The van der Waals surface area contributed by atoms with Gasteiger partial charge in [0.25, 0.3) is 0 Å². The summed E-state index contributed by atoms with van der Waals surface area (Å²) in [5.41, 5.74) is 1.99. The molecule has 2 heterocycles. The van der Waals surface area contributed by atoms with Crippen molar-refractivity contribution in [3.05, 3.63) is 41.2 Å². The number of hydrogen-bond acceptors (Lipinski definition) is 5. The summed E-state index contributed by atoms with van der Waals surface area (Å²) in [6.45, 7) is 6.32. The largest absolute Gasteiger partial charge is 0.497 e. The van der Waals surface area contributed by atoms with Crippen molar-refractivity contribution in [3.63, 3.8) is 0 Å². The lowest BCUT2D eigenvalue weighted by Gasteiger charge is -2.39. The summed E-state index contributed by atoms with van der Waals surface area (Å²) in [4.78, 5) is 25.8. The van der Waals surface area contributed by atoms with Crippen LogP contribution in [-0.4, -0.2) is 52.7 Å². The van der Waals surface area contributed by atoms with Gasteiger partial charge in [-0.2, -0.15) is 5.10 Å². The van der Waals surface area contributed by atoms with Gasteiger partial charge >= 0.3 is 0 Å². The number of carbonyl (C=O) groups is 2. The van der Waals surface area contributed by atoms with Crippen LogP contribution in [0.4, 0.5) is 0 Å². The van der Waals surface area contributed by atoms with Gasteiger partial charge in [0.1, 0.15) is 24.1 Å². The highest BCUT2D eigenvalue weighted by atomic mass is 16.5. The first-order valence-electron chi connectivity index (χ1n) is 8.52. The molecule has 138 valence electrons. The quantitative estimate of drug-likeness (QED) is 0.740. The number of nitrogens with zero attached hydrogens (tertiary/aromatic N) is 3. The average molecular weight is 357 g/mol. The van der Waals surface area contributed by atoms with E-state index in [-0.39, 0.29) is 24.3 Å². The summed E-state index contributed by atoms with van der Waals surface area (Å²) in [7, 11) is 1.61. The third-order valence-corrected chi connectivity index (χ3v) is 4.56. The monoisotopic (exact) mass is 357 g/mol. The predicted octanol–water partition coefficient (Wildman–Crippen LogP) is 2.00. The van der Waals surface area contributed by atoms with Crippen LogP contribution >= 0.6 is 0 Å². The van der Waals surface area contributed by atoms with Crippen molar-refractivity contribution >= 4 is 11.7 Å². The number of carbonyl (C=O) groups excluding carboxylic acids is 2. The normalized spacial score (nSPS) is 14.1. The van der Waals surface area contributed by atoms with E-state index < -0.39 is 0 Å². The minimum atomic E-state index is -0.0330. The van der Waals surface area contributed by atoms with Crippen LogP contribution < -0.4 is 9.47 Å². The van der Waals surface area contributed by atoms with Gasteiger partial charge in [-0.3, -0.25) is 14.3 Å². The molecule has 7 heteroatoms. The van der Waals surface area contributed by atoms with Gasteiger partial charge in [-0.25, -0.2) is 0 Å². The molecule has 1 aromatic carbocycles. The molecular formula is C19H23N3O4. The molecule has 2 aromatic rings. The average Bonchev–Trinajstić information content (AvgIpc) is 2.84. The fourth-order valence-electron chi connectivity index (χ4n) is 3.17. The molecule has 1 aliphatic rings. The Morgan fingerprint density at radius 2 is 1.92 bits per heavy atom. The summed E-state index contributed by atoms with van der Waals surface area (Å²) in [6, 6.07) is 7.41. The van der Waals surface area contributed by atoms with E-state index in [1.54, 1.807) is 23.6 Å². The Morgan fingerprint density at radius 1 is 1.23 bits per heavy atom. The molecule has 1 amide bonds. The van der Waals surface area contributed by atoms with Gasteiger partial charge < -0.3 is 14.4 Å². The van der Waals surface area contributed by atoms with Gasteiger partial charge in [0.05, 0.1) is 31.5 Å². The number of benzene rings is 1. The number of Topliss-reactive ketones (excluding diaryl/α,β-unsaturated/α-hetero) is 1. The van der Waals surface area contributed by atoms with Crippen molar-refractivity contribution in [2.75, 3.05) is 20.2 Å². The topological polar surface area (TPSA) is 73.7 Å². The number of methoxy groups -OCH3 is 1. The smallest absolute Gasteiger partial charge is 0.244 e. The van der Waals surface area contributed by atoms with Crippen LogP contribution in [0.3, 0.4) is 0 Å². The lowest BCUT2D eigenvalue weighted by Crippen LogP contribution is -2.57. The zero-order chi connectivity index (χ0) is 18.8. The second-order valence-electron chi connectivity index (χ2n) is 6.48. The van der Waals surface area contributed by atoms with Gasteiger partial charge in [-0.1, -0.05) is 6.07 Å². The van der Waals surface area contributed by atoms with E-state index in [4.69, 9.17) is 9.47 Å². The molecule has 1 aliphatic heterocycles. The molecule has 0 aliphatic carbocycles. The first-order valence-corrected chi connectivity index (χ1v) is 8.52. The van der Waals surface area contributed by atoms with E-state index in [9.17, 15) is 9.59 Å². The standard InChI is InChI=1S/C19H23N3O4/c1-12-19(14(3)23)13(2)22(20-12)11-18(24)21-9-17(10-21)26-16-7-5-6-15(8-16)25-4/h5-8,17H,9-11H2,1-4H3. The number of hydrogen-bond donors (Lipinski definition) is 0. The molecule has 1 fully saturated rings. The van der Waals surface area contributed by atoms with Crippen LogP contribution in [0.25, 0.3) is 0 Å². The molecule has 1 saturated heterocycles. The van der Waals surface area contributed by atoms with Crippen LogP contribution in [0.1, 0.15) is 28.7 Å². The number of aryl methyl sites for hydroxylation is 1. The summed E-state index contributed by atoms with van der Waals surface area (Å²) in [5, 5.41) is 4.32. The van der Waals surface area contributed by atoms with Gasteiger partial charge in [-0.05, 0) is 32.9 Å². The van der Waals surface area contributed by atoms with Crippen molar-refractivity contribution in [2.24, 2.45) is 0 Å². The van der Waals surface area contributed by atoms with E-state index in [1.165, 1.54) is 6.92 Å². The highest BCUT2D eigenvalue weighted by Crippen LogP contribution is 2.23. The highest BCUT2D eigenvalue weighted by molar-refractivity contribution is 5.96. The van der Waals surface area contributed by atoms with E-state index >= 15 is 0 Å². The van der Waals surface area contributed by atoms with E-state index in [0.29, 0.717) is 24.3 Å². The Morgan fingerprint density at radius 3 is 2.54 bits per heavy atom. The third kappa shape index (κ3) is 3.56. The van der Waals surface area contributed by atoms with Crippen molar-refractivity contribution in [1.29, 1.82) is 0 Å². The SMILES string of the molecule is COc1cccc(OC2CN(C(=O)Cn3nc(C)c(C(C)=O)c3C)C2)c1. The van der Waals surface area contributed by atoms with Crippen LogP contribution in [0.5, 0.6) is 11.5 Å². The Balaban J connectivity index is 1.55. The molecule has 0 bridgehead atoms. The maximum Gasteiger partial charge on any atom is 0.244 e. The maximum atomic E-state index is 12.4. The first-order chi connectivity index (χ1) is 12.4. The zero-order valence-corrected chi connectivity index (χ0v) is 15.5. The number of rotatable bonds is 6. The second kappa shape index (κ2) is 7.19. The molecule has 0 atom stereocenters. The van der Waals surface area contributed by atoms with Crippen LogP contribution in [0, 0.1) is 13.8 Å². The number of likely N-dealkylation sites (tertiary alicyclic amines) is 1. The van der Waals surface area contributed by atoms with Crippen molar-refractivity contribution < 1.29 is 19.1 Å². The molecule has 0 N–H and O–H groups in total. The fraction of sp³-hybridized carbons (Fsp3) is 0.421. The minimum Gasteiger partial charge on any atom is -0.497 e. The van der Waals surface area contributed by atoms with Crippen LogP contribution in [0.2, 0.25) is 0 Å². The van der Waals surface area contributed by atoms with Gasteiger partial charge in [0.15, 0.2) is 5.78 Å². The molecule has 3 rings (SSSR count). The Kier molecular flexibility index (Phi) is 4.97. The summed E-state index contributed by atoms with van der Waals surface area (Å²) < 4.78 is 12.6. The molecule has 0 spiro atoms.